The number of halogens is 1. The van der Waals surface area contributed by atoms with E-state index in [1.54, 1.807) is 18.3 Å². The van der Waals surface area contributed by atoms with E-state index < -0.39 is 12.0 Å². The van der Waals surface area contributed by atoms with Crippen molar-refractivity contribution in [3.8, 4) is 5.88 Å². The van der Waals surface area contributed by atoms with Crippen LogP contribution in [0.4, 0.5) is 0 Å². The molecule has 2 unspecified atom stereocenters. The number of ether oxygens (including phenoxy) is 1. The number of carbonyl (C=O) groups excluding carboxylic acids is 1. The van der Waals surface area contributed by atoms with Crippen LogP contribution < -0.4 is 10.1 Å². The van der Waals surface area contributed by atoms with Gasteiger partial charge < -0.3 is 15.2 Å². The van der Waals surface area contributed by atoms with Crippen LogP contribution in [0.2, 0.25) is 5.02 Å². The minimum Gasteiger partial charge on any atom is -0.480 e. The highest BCUT2D eigenvalue weighted by Crippen LogP contribution is 2.37. The Kier molecular flexibility index (Phi) is 5.20. The van der Waals surface area contributed by atoms with Crippen LogP contribution in [0, 0.1) is 0 Å². The van der Waals surface area contributed by atoms with Gasteiger partial charge in [0.25, 0.3) is 0 Å². The van der Waals surface area contributed by atoms with Crippen LogP contribution in [0.15, 0.2) is 18.3 Å². The lowest BCUT2D eigenvalue weighted by Crippen LogP contribution is -2.49. The molecule has 2 atom stereocenters. The van der Waals surface area contributed by atoms with Gasteiger partial charge in [0.15, 0.2) is 0 Å². The lowest BCUT2D eigenvalue weighted by atomic mass is 10.2. The SMILES string of the molecule is O=C(O)C1CCC(C(=O)NCCOc2ncccc2Cl)N1C1CC1. The minimum absolute atomic E-state index is 0.138. The Morgan fingerprint density at radius 3 is 2.75 bits per heavy atom. The van der Waals surface area contributed by atoms with Crippen molar-refractivity contribution >= 4 is 23.5 Å². The van der Waals surface area contributed by atoms with Crippen molar-refractivity contribution in [1.29, 1.82) is 0 Å². The highest BCUT2D eigenvalue weighted by molar-refractivity contribution is 6.31. The minimum atomic E-state index is -0.842. The van der Waals surface area contributed by atoms with Gasteiger partial charge in [0.1, 0.15) is 17.7 Å². The molecule has 0 spiro atoms. The summed E-state index contributed by atoms with van der Waals surface area (Å²) in [4.78, 5) is 29.6. The highest BCUT2D eigenvalue weighted by Gasteiger charge is 2.48. The van der Waals surface area contributed by atoms with E-state index in [-0.39, 0.29) is 24.6 Å². The molecule has 24 heavy (non-hydrogen) atoms. The highest BCUT2D eigenvalue weighted by atomic mass is 35.5. The number of pyridine rings is 1. The Morgan fingerprint density at radius 2 is 2.08 bits per heavy atom. The molecule has 2 aliphatic rings. The zero-order valence-electron chi connectivity index (χ0n) is 13.2. The van der Waals surface area contributed by atoms with Crippen LogP contribution in [0.3, 0.4) is 0 Å². The van der Waals surface area contributed by atoms with Crippen molar-refractivity contribution in [3.05, 3.63) is 23.4 Å². The van der Waals surface area contributed by atoms with Gasteiger partial charge in [-0.1, -0.05) is 11.6 Å². The van der Waals surface area contributed by atoms with Crippen LogP contribution in [0.1, 0.15) is 25.7 Å². The second-order valence-electron chi connectivity index (χ2n) is 6.06. The van der Waals surface area contributed by atoms with Crippen molar-refractivity contribution in [2.75, 3.05) is 13.2 Å². The average molecular weight is 354 g/mol. The van der Waals surface area contributed by atoms with Crippen LogP contribution in [0.25, 0.3) is 0 Å². The van der Waals surface area contributed by atoms with Crippen LogP contribution in [-0.4, -0.2) is 58.1 Å². The molecule has 0 radical (unpaired) electrons. The molecule has 1 aromatic heterocycles. The number of aliphatic carboxylic acids is 1. The van der Waals surface area contributed by atoms with E-state index in [1.165, 1.54) is 0 Å². The predicted octanol–water partition coefficient (Wildman–Crippen LogP) is 1.31. The Labute approximate surface area is 144 Å². The molecule has 1 saturated heterocycles. The normalized spacial score (nSPS) is 23.9. The van der Waals surface area contributed by atoms with Gasteiger partial charge in [-0.3, -0.25) is 14.5 Å². The van der Waals surface area contributed by atoms with Gasteiger partial charge in [0.2, 0.25) is 11.8 Å². The van der Waals surface area contributed by atoms with Crippen molar-refractivity contribution < 1.29 is 19.4 Å². The smallest absolute Gasteiger partial charge is 0.320 e. The molecule has 130 valence electrons. The fraction of sp³-hybridized carbons (Fsp3) is 0.562. The third-order valence-corrected chi connectivity index (χ3v) is 4.64. The lowest BCUT2D eigenvalue weighted by molar-refractivity contribution is -0.143. The molecule has 1 amide bonds. The molecule has 1 saturated carbocycles. The number of nitrogens with zero attached hydrogens (tertiary/aromatic N) is 2. The Morgan fingerprint density at radius 1 is 1.33 bits per heavy atom. The van der Waals surface area contributed by atoms with E-state index >= 15 is 0 Å². The van der Waals surface area contributed by atoms with Crippen molar-refractivity contribution in [3.63, 3.8) is 0 Å². The first-order valence-corrected chi connectivity index (χ1v) is 8.47. The molecular weight excluding hydrogens is 334 g/mol. The zero-order valence-corrected chi connectivity index (χ0v) is 13.9. The molecule has 1 aliphatic carbocycles. The van der Waals surface area contributed by atoms with Crippen molar-refractivity contribution in [2.45, 2.75) is 43.8 Å². The number of carboxylic acids is 1. The molecule has 0 aromatic carbocycles. The van der Waals surface area contributed by atoms with E-state index in [0.29, 0.717) is 30.3 Å². The fourth-order valence-corrected chi connectivity index (χ4v) is 3.32. The van der Waals surface area contributed by atoms with Gasteiger partial charge in [-0.2, -0.15) is 0 Å². The zero-order chi connectivity index (χ0) is 17.1. The number of hydrogen-bond acceptors (Lipinski definition) is 5. The first-order chi connectivity index (χ1) is 11.6. The Hall–Kier alpha value is -1.86. The van der Waals surface area contributed by atoms with E-state index in [4.69, 9.17) is 16.3 Å². The van der Waals surface area contributed by atoms with E-state index in [2.05, 4.69) is 10.3 Å². The summed E-state index contributed by atoms with van der Waals surface area (Å²) in [5, 5.41) is 12.6. The summed E-state index contributed by atoms with van der Waals surface area (Å²) in [6.45, 7) is 0.569. The van der Waals surface area contributed by atoms with Gasteiger partial charge >= 0.3 is 5.97 Å². The monoisotopic (exact) mass is 353 g/mol. The second kappa shape index (κ2) is 7.36. The van der Waals surface area contributed by atoms with Gasteiger partial charge in [-0.05, 0) is 37.8 Å². The summed E-state index contributed by atoms with van der Waals surface area (Å²) in [6, 6.07) is 2.71. The standard InChI is InChI=1S/C16H20ClN3O4/c17-11-2-1-7-19-15(11)24-9-8-18-14(21)12-5-6-13(16(22)23)20(12)10-3-4-10/h1-2,7,10,12-13H,3-6,8-9H2,(H,18,21)(H,22,23). The van der Waals surface area contributed by atoms with Gasteiger partial charge in [-0.15, -0.1) is 0 Å². The summed E-state index contributed by atoms with van der Waals surface area (Å²) in [5.74, 6) is -0.647. The third kappa shape index (κ3) is 3.79. The summed E-state index contributed by atoms with van der Waals surface area (Å²) >= 11 is 5.94. The van der Waals surface area contributed by atoms with Crippen LogP contribution in [0.5, 0.6) is 5.88 Å². The predicted molar refractivity (Wildman–Crippen MR) is 87.1 cm³/mol. The van der Waals surface area contributed by atoms with Gasteiger partial charge in [0, 0.05) is 12.2 Å². The summed E-state index contributed by atoms with van der Waals surface area (Å²) < 4.78 is 5.43. The molecule has 1 aromatic rings. The molecule has 2 heterocycles. The largest absolute Gasteiger partial charge is 0.480 e. The quantitative estimate of drug-likeness (QED) is 0.718. The summed E-state index contributed by atoms with van der Waals surface area (Å²) in [5.41, 5.74) is 0. The van der Waals surface area contributed by atoms with Crippen LogP contribution >= 0.6 is 11.6 Å². The number of aromatic nitrogens is 1. The van der Waals surface area contributed by atoms with E-state index in [1.807, 2.05) is 4.90 Å². The maximum atomic E-state index is 12.4. The maximum Gasteiger partial charge on any atom is 0.320 e. The summed E-state index contributed by atoms with van der Waals surface area (Å²) in [7, 11) is 0. The number of nitrogens with one attached hydrogen (secondary N) is 1. The number of hydrogen-bond donors (Lipinski definition) is 2. The molecule has 7 nitrogen and oxygen atoms in total. The molecular formula is C16H20ClN3O4. The molecule has 2 fully saturated rings. The molecule has 2 N–H and O–H groups in total. The van der Waals surface area contributed by atoms with Crippen molar-refractivity contribution in [1.82, 2.24) is 15.2 Å². The summed E-state index contributed by atoms with van der Waals surface area (Å²) in [6.07, 6.45) is 4.61. The second-order valence-corrected chi connectivity index (χ2v) is 6.46. The first-order valence-electron chi connectivity index (χ1n) is 8.09. The topological polar surface area (TPSA) is 91.8 Å². The molecule has 0 bridgehead atoms. The van der Waals surface area contributed by atoms with E-state index in [0.717, 1.165) is 12.8 Å². The van der Waals surface area contributed by atoms with Gasteiger partial charge in [-0.25, -0.2) is 4.98 Å². The Balaban J connectivity index is 1.48. The molecule has 8 heteroatoms. The molecule has 3 rings (SSSR count). The molecule has 1 aliphatic heterocycles. The fourth-order valence-electron chi connectivity index (χ4n) is 3.15. The van der Waals surface area contributed by atoms with E-state index in [9.17, 15) is 14.7 Å². The third-order valence-electron chi connectivity index (χ3n) is 4.35. The average Bonchev–Trinajstić information content (AvgIpc) is 3.30. The number of rotatable bonds is 7. The lowest BCUT2D eigenvalue weighted by Gasteiger charge is -2.27. The number of likely N-dealkylation sites (tertiary alicyclic amines) is 1. The van der Waals surface area contributed by atoms with Crippen molar-refractivity contribution in [2.24, 2.45) is 0 Å². The number of carbonyl (C=O) groups is 2. The van der Waals surface area contributed by atoms with Gasteiger partial charge in [0.05, 0.1) is 12.6 Å². The number of carboxylic acid groups (broad SMARTS) is 1. The Bertz CT molecular complexity index is 623. The van der Waals surface area contributed by atoms with Crippen LogP contribution in [-0.2, 0) is 9.59 Å². The first kappa shape index (κ1) is 17.0. The maximum absolute atomic E-state index is 12.4. The number of amides is 1.